The summed E-state index contributed by atoms with van der Waals surface area (Å²) in [6.07, 6.45) is 0. The number of carbonyl (C=O) groups is 2. The average Bonchev–Trinajstić information content (AvgIpc) is 2.76. The number of esters is 2. The Labute approximate surface area is 117 Å². The van der Waals surface area contributed by atoms with E-state index in [-0.39, 0.29) is 16.5 Å². The average molecular weight is 305 g/mol. The predicted octanol–water partition coefficient (Wildman–Crippen LogP) is 2.20. The van der Waals surface area contributed by atoms with Gasteiger partial charge in [0.2, 0.25) is 5.44 Å². The first-order chi connectivity index (χ1) is 8.95. The molecule has 1 atom stereocenters. The molecule has 1 heterocycles. The topological polar surface area (TPSA) is 95.7 Å². The highest BCUT2D eigenvalue weighted by Gasteiger charge is 2.28. The van der Waals surface area contributed by atoms with Crippen molar-refractivity contribution in [3.05, 3.63) is 21.6 Å². The largest absolute Gasteiger partial charge is 0.463 e. The van der Waals surface area contributed by atoms with E-state index in [1.54, 1.807) is 6.92 Å². The smallest absolute Gasteiger partial charge is 0.358 e. The van der Waals surface area contributed by atoms with Gasteiger partial charge in [0.1, 0.15) is 4.90 Å². The Kier molecular flexibility index (Phi) is 5.77. The van der Waals surface area contributed by atoms with Crippen LogP contribution in [-0.4, -0.2) is 28.9 Å². The molecule has 0 aliphatic heterocycles. The van der Waals surface area contributed by atoms with Crippen molar-refractivity contribution in [2.24, 2.45) is 0 Å². The summed E-state index contributed by atoms with van der Waals surface area (Å²) in [5.41, 5.74) is -1.24. The quantitative estimate of drug-likeness (QED) is 0.261. The second-order valence-electron chi connectivity index (χ2n) is 3.16. The second-order valence-corrected chi connectivity index (χ2v) is 5.16. The maximum Gasteiger partial charge on any atom is 0.358 e. The van der Waals surface area contributed by atoms with Crippen LogP contribution in [0, 0.1) is 10.1 Å². The minimum Gasteiger partial charge on any atom is -0.463 e. The highest BCUT2D eigenvalue weighted by molar-refractivity contribution is 8.00. The third-order valence-electron chi connectivity index (χ3n) is 1.76. The molecule has 0 saturated heterocycles. The van der Waals surface area contributed by atoms with E-state index in [4.69, 9.17) is 9.47 Å². The SMILES string of the molecule is CCOC(=O)[C@H](OC(C)=O)Sc1ccsc1[N+](=O)[O-]. The fraction of sp³-hybridized carbons (Fsp3) is 0.400. The Morgan fingerprint density at radius 2 is 2.26 bits per heavy atom. The van der Waals surface area contributed by atoms with Gasteiger partial charge in [-0.05, 0) is 18.4 Å². The number of thioether (sulfide) groups is 1. The minimum absolute atomic E-state index is 0.105. The van der Waals surface area contributed by atoms with E-state index in [0.717, 1.165) is 30.0 Å². The number of hydrogen-bond donors (Lipinski definition) is 0. The first kappa shape index (κ1) is 15.4. The molecule has 0 saturated carbocycles. The summed E-state index contributed by atoms with van der Waals surface area (Å²) >= 11 is 1.71. The van der Waals surface area contributed by atoms with E-state index in [9.17, 15) is 19.7 Å². The van der Waals surface area contributed by atoms with Crippen LogP contribution in [0.15, 0.2) is 16.3 Å². The van der Waals surface area contributed by atoms with Crippen LogP contribution in [0.4, 0.5) is 5.00 Å². The first-order valence-corrected chi connectivity index (χ1v) is 6.94. The standard InChI is InChI=1S/C10H11NO6S2/c1-3-16-9(13)10(17-6(2)12)19-7-4-5-18-8(7)11(14)15/h4-5,10H,3H2,1-2H3/t10-/m1/s1. The van der Waals surface area contributed by atoms with Gasteiger partial charge in [0, 0.05) is 6.92 Å². The first-order valence-electron chi connectivity index (χ1n) is 5.18. The molecule has 0 spiro atoms. The predicted molar refractivity (Wildman–Crippen MR) is 69.0 cm³/mol. The zero-order valence-corrected chi connectivity index (χ0v) is 11.8. The highest BCUT2D eigenvalue weighted by atomic mass is 32.2. The Bertz CT molecular complexity index is 486. The molecule has 0 aromatic carbocycles. The number of ether oxygens (including phenoxy) is 2. The monoisotopic (exact) mass is 305 g/mol. The molecule has 1 aromatic rings. The summed E-state index contributed by atoms with van der Waals surface area (Å²) in [6.45, 7) is 2.89. The zero-order chi connectivity index (χ0) is 14.4. The Morgan fingerprint density at radius 3 is 2.79 bits per heavy atom. The number of nitro groups is 1. The highest BCUT2D eigenvalue weighted by Crippen LogP contribution is 2.37. The summed E-state index contributed by atoms with van der Waals surface area (Å²) in [5.74, 6) is -1.41. The van der Waals surface area contributed by atoms with Gasteiger partial charge in [0.15, 0.2) is 0 Å². The molecule has 0 bridgehead atoms. The van der Waals surface area contributed by atoms with Crippen LogP contribution >= 0.6 is 23.1 Å². The molecule has 0 N–H and O–H groups in total. The third-order valence-corrected chi connectivity index (χ3v) is 3.84. The number of carbonyl (C=O) groups excluding carboxylic acids is 2. The van der Waals surface area contributed by atoms with Crippen molar-refractivity contribution in [1.82, 2.24) is 0 Å². The fourth-order valence-electron chi connectivity index (χ4n) is 1.11. The summed E-state index contributed by atoms with van der Waals surface area (Å²) < 4.78 is 9.55. The van der Waals surface area contributed by atoms with E-state index < -0.39 is 22.3 Å². The van der Waals surface area contributed by atoms with Crippen LogP contribution in [0.1, 0.15) is 13.8 Å². The minimum atomic E-state index is -1.24. The molecule has 1 rings (SSSR count). The van der Waals surface area contributed by atoms with Crippen LogP contribution in [0.2, 0.25) is 0 Å². The van der Waals surface area contributed by atoms with E-state index in [1.165, 1.54) is 11.4 Å². The lowest BCUT2D eigenvalue weighted by atomic mass is 10.6. The normalized spacial score (nSPS) is 11.7. The van der Waals surface area contributed by atoms with E-state index in [0.29, 0.717) is 0 Å². The van der Waals surface area contributed by atoms with Gasteiger partial charge in [0.25, 0.3) is 0 Å². The van der Waals surface area contributed by atoms with Crippen molar-refractivity contribution in [3.63, 3.8) is 0 Å². The van der Waals surface area contributed by atoms with Gasteiger partial charge in [-0.3, -0.25) is 14.9 Å². The molecule has 104 valence electrons. The van der Waals surface area contributed by atoms with Gasteiger partial charge in [-0.1, -0.05) is 23.1 Å². The Hall–Kier alpha value is -1.61. The molecule has 0 unspecified atom stereocenters. The summed E-state index contributed by atoms with van der Waals surface area (Å²) in [6, 6.07) is 1.49. The van der Waals surface area contributed by atoms with Gasteiger partial charge in [-0.2, -0.15) is 0 Å². The second kappa shape index (κ2) is 7.10. The Balaban J connectivity index is 2.87. The third kappa shape index (κ3) is 4.52. The number of thiophene rings is 1. The molecule has 19 heavy (non-hydrogen) atoms. The zero-order valence-electron chi connectivity index (χ0n) is 10.2. The maximum absolute atomic E-state index is 11.6. The van der Waals surface area contributed by atoms with Crippen molar-refractivity contribution in [3.8, 4) is 0 Å². The summed E-state index contributed by atoms with van der Waals surface area (Å²) in [4.78, 5) is 33.0. The van der Waals surface area contributed by atoms with Gasteiger partial charge >= 0.3 is 16.9 Å². The molecule has 0 fully saturated rings. The molecule has 0 aliphatic rings. The lowest BCUT2D eigenvalue weighted by Gasteiger charge is -2.13. The summed E-state index contributed by atoms with van der Waals surface area (Å²) in [5, 5.41) is 12.2. The van der Waals surface area contributed by atoms with Gasteiger partial charge < -0.3 is 9.47 Å². The van der Waals surface area contributed by atoms with Crippen molar-refractivity contribution >= 4 is 40.0 Å². The van der Waals surface area contributed by atoms with Gasteiger partial charge in [0.05, 0.1) is 11.5 Å². The van der Waals surface area contributed by atoms with E-state index >= 15 is 0 Å². The van der Waals surface area contributed by atoms with Crippen LogP contribution in [0.25, 0.3) is 0 Å². The van der Waals surface area contributed by atoms with Crippen LogP contribution < -0.4 is 0 Å². The Morgan fingerprint density at radius 1 is 1.58 bits per heavy atom. The van der Waals surface area contributed by atoms with Crippen LogP contribution in [0.3, 0.4) is 0 Å². The molecular formula is C10H11NO6S2. The molecular weight excluding hydrogens is 294 g/mol. The number of nitrogens with zero attached hydrogens (tertiary/aromatic N) is 1. The fourth-order valence-corrected chi connectivity index (χ4v) is 2.99. The lowest BCUT2D eigenvalue weighted by Crippen LogP contribution is -2.25. The molecule has 0 radical (unpaired) electrons. The van der Waals surface area contributed by atoms with E-state index in [1.807, 2.05) is 0 Å². The number of hydrogen-bond acceptors (Lipinski definition) is 8. The van der Waals surface area contributed by atoms with E-state index in [2.05, 4.69) is 0 Å². The van der Waals surface area contributed by atoms with Crippen molar-refractivity contribution in [2.45, 2.75) is 24.2 Å². The maximum atomic E-state index is 11.6. The van der Waals surface area contributed by atoms with Crippen molar-refractivity contribution in [1.29, 1.82) is 0 Å². The molecule has 0 amide bonds. The van der Waals surface area contributed by atoms with Gasteiger partial charge in [-0.25, -0.2) is 4.79 Å². The van der Waals surface area contributed by atoms with Gasteiger partial charge in [-0.15, -0.1) is 0 Å². The molecule has 0 aliphatic carbocycles. The molecule has 9 heteroatoms. The van der Waals surface area contributed by atoms with Crippen molar-refractivity contribution in [2.75, 3.05) is 6.61 Å². The summed E-state index contributed by atoms with van der Waals surface area (Å²) in [7, 11) is 0. The van der Waals surface area contributed by atoms with Crippen molar-refractivity contribution < 1.29 is 24.0 Å². The van der Waals surface area contributed by atoms with Crippen LogP contribution in [-0.2, 0) is 19.1 Å². The molecule has 7 nitrogen and oxygen atoms in total. The van der Waals surface area contributed by atoms with Crippen LogP contribution in [0.5, 0.6) is 0 Å². The number of rotatable bonds is 6. The lowest BCUT2D eigenvalue weighted by molar-refractivity contribution is -0.382. The molecule has 1 aromatic heterocycles.